The van der Waals surface area contributed by atoms with Gasteiger partial charge in [-0.2, -0.15) is 0 Å². The monoisotopic (exact) mass is 552 g/mol. The molecule has 4 aromatic rings. The highest BCUT2D eigenvalue weighted by Gasteiger charge is 2.39. The molecule has 0 spiro atoms. The molecule has 204 valence electrons. The summed E-state index contributed by atoms with van der Waals surface area (Å²) in [5, 5.41) is 2.79. The van der Waals surface area contributed by atoms with Crippen molar-refractivity contribution in [3.05, 3.63) is 96.7 Å². The number of hydrogen-bond donors (Lipinski definition) is 1. The second kappa shape index (κ2) is 12.1. The predicted octanol–water partition coefficient (Wildman–Crippen LogP) is 7.15. The van der Waals surface area contributed by atoms with E-state index in [9.17, 15) is 4.79 Å². The summed E-state index contributed by atoms with van der Waals surface area (Å²) in [6.07, 6.45) is 4.00. The van der Waals surface area contributed by atoms with Crippen LogP contribution in [-0.2, 0) is 9.48 Å². The number of thioether (sulfide) groups is 1. The van der Waals surface area contributed by atoms with Crippen LogP contribution in [0.15, 0.2) is 95.9 Å². The third-order valence-corrected chi connectivity index (χ3v) is 8.84. The van der Waals surface area contributed by atoms with Crippen molar-refractivity contribution in [3.63, 3.8) is 0 Å². The highest BCUT2D eigenvalue weighted by Crippen LogP contribution is 2.52. The third-order valence-electron chi connectivity index (χ3n) is 7.33. The lowest BCUT2D eigenvalue weighted by atomic mass is 10.0. The molecule has 6 rings (SSSR count). The quantitative estimate of drug-likeness (QED) is 0.261. The van der Waals surface area contributed by atoms with Crippen LogP contribution in [0.1, 0.15) is 31.4 Å². The molecule has 1 N–H and O–H groups in total. The number of morpholine rings is 1. The molecule has 0 bridgehead atoms. The van der Waals surface area contributed by atoms with E-state index in [0.29, 0.717) is 30.5 Å². The Kier molecular flexibility index (Phi) is 7.97. The molecule has 2 fully saturated rings. The smallest absolute Gasteiger partial charge is 0.410 e. The zero-order valence-corrected chi connectivity index (χ0v) is 23.1. The molecular formula is C32H32N4O3S. The average Bonchev–Trinajstić information content (AvgIpc) is 3.48. The summed E-state index contributed by atoms with van der Waals surface area (Å²) in [4.78, 5) is 26.1. The maximum absolute atomic E-state index is 12.4. The Hall–Kier alpha value is -3.88. The number of carbonyl (C=O) groups excluding carboxylic acids is 1. The van der Waals surface area contributed by atoms with E-state index in [0.717, 1.165) is 43.0 Å². The molecule has 1 saturated heterocycles. The van der Waals surface area contributed by atoms with Crippen molar-refractivity contribution < 1.29 is 14.3 Å². The molecule has 3 aromatic carbocycles. The van der Waals surface area contributed by atoms with Gasteiger partial charge in [0.2, 0.25) is 0 Å². The molecule has 0 atom stereocenters. The fourth-order valence-electron chi connectivity index (χ4n) is 5.26. The Bertz CT molecular complexity index is 1420. The summed E-state index contributed by atoms with van der Waals surface area (Å²) in [6, 6.07) is 29.4. The van der Waals surface area contributed by atoms with Gasteiger partial charge in [-0.25, -0.2) is 14.8 Å². The molecule has 1 aliphatic heterocycles. The summed E-state index contributed by atoms with van der Waals surface area (Å²) in [5.74, 6) is 2.13. The number of carbonyl (C=O) groups is 1. The third kappa shape index (κ3) is 6.13. The number of anilines is 2. The van der Waals surface area contributed by atoms with E-state index in [1.54, 1.807) is 12.1 Å². The van der Waals surface area contributed by atoms with Crippen LogP contribution < -0.4 is 15.0 Å². The van der Waals surface area contributed by atoms with Gasteiger partial charge >= 0.3 is 6.09 Å². The van der Waals surface area contributed by atoms with Crippen molar-refractivity contribution in [2.24, 2.45) is 0 Å². The van der Waals surface area contributed by atoms with Crippen LogP contribution in [-0.4, -0.2) is 42.4 Å². The number of hydrogen-bond acceptors (Lipinski definition) is 7. The second-order valence-electron chi connectivity index (χ2n) is 10.1. The highest BCUT2D eigenvalue weighted by atomic mass is 32.2. The van der Waals surface area contributed by atoms with Gasteiger partial charge in [-0.15, -0.1) is 11.8 Å². The average molecular weight is 553 g/mol. The number of ether oxygens (including phenoxy) is 2. The van der Waals surface area contributed by atoms with Crippen LogP contribution in [0.2, 0.25) is 0 Å². The number of nitrogens with one attached hydrogen (secondary N) is 1. The first kappa shape index (κ1) is 26.3. The van der Waals surface area contributed by atoms with Gasteiger partial charge in [0.25, 0.3) is 0 Å². The molecule has 1 amide bonds. The standard InChI is InChI=1S/C32H32N4O3S/c37-31(39-26-9-3-1-4-10-26)33-25-15-13-24(14-16-25)30-34-28(23-29(35-30)36-19-21-38-22-20-36)32(17-7-8-18-32)40-27-11-5-2-6-12-27/h1-6,9-16,23H,7-8,17-22H2,(H,33,37). The molecule has 7 nitrogen and oxygen atoms in total. The van der Waals surface area contributed by atoms with E-state index in [-0.39, 0.29) is 4.75 Å². The number of nitrogens with zero attached hydrogens (tertiary/aromatic N) is 3. The zero-order chi connectivity index (χ0) is 27.2. The Morgan fingerprint density at radius 1 is 0.875 bits per heavy atom. The molecule has 1 aromatic heterocycles. The van der Waals surface area contributed by atoms with Crippen LogP contribution >= 0.6 is 11.8 Å². The first-order chi connectivity index (χ1) is 19.7. The van der Waals surface area contributed by atoms with E-state index in [2.05, 4.69) is 46.6 Å². The van der Waals surface area contributed by atoms with Gasteiger partial charge in [0.15, 0.2) is 5.82 Å². The Morgan fingerprint density at radius 3 is 2.25 bits per heavy atom. The summed E-state index contributed by atoms with van der Waals surface area (Å²) in [7, 11) is 0. The van der Waals surface area contributed by atoms with Crippen LogP contribution in [0.25, 0.3) is 11.4 Å². The van der Waals surface area contributed by atoms with Gasteiger partial charge in [0.05, 0.1) is 23.7 Å². The predicted molar refractivity (Wildman–Crippen MR) is 159 cm³/mol. The van der Waals surface area contributed by atoms with Crippen LogP contribution in [0.5, 0.6) is 5.75 Å². The first-order valence-electron chi connectivity index (χ1n) is 13.8. The molecule has 8 heteroatoms. The molecule has 40 heavy (non-hydrogen) atoms. The largest absolute Gasteiger partial charge is 0.417 e. The number of rotatable bonds is 7. The molecule has 1 aliphatic carbocycles. The minimum absolute atomic E-state index is 0.0945. The summed E-state index contributed by atoms with van der Waals surface area (Å²) in [5.41, 5.74) is 2.62. The van der Waals surface area contributed by atoms with E-state index in [4.69, 9.17) is 19.4 Å². The van der Waals surface area contributed by atoms with E-state index < -0.39 is 6.09 Å². The topological polar surface area (TPSA) is 76.6 Å². The number of benzene rings is 3. The van der Waals surface area contributed by atoms with Crippen molar-refractivity contribution in [1.82, 2.24) is 9.97 Å². The Labute approximate surface area is 239 Å². The fraction of sp³-hybridized carbons (Fsp3) is 0.281. The molecule has 2 heterocycles. The van der Waals surface area contributed by atoms with Gasteiger partial charge in [-0.05, 0) is 61.4 Å². The lowest BCUT2D eigenvalue weighted by molar-refractivity contribution is 0.122. The lowest BCUT2D eigenvalue weighted by Crippen LogP contribution is -2.37. The van der Waals surface area contributed by atoms with Gasteiger partial charge in [0.1, 0.15) is 11.6 Å². The Balaban J connectivity index is 1.30. The number of amides is 1. The normalized spacial score (nSPS) is 16.4. The van der Waals surface area contributed by atoms with Crippen molar-refractivity contribution in [2.75, 3.05) is 36.5 Å². The SMILES string of the molecule is O=C(Nc1ccc(-c2nc(N3CCOCC3)cc(C3(Sc4ccccc4)CCCC3)n2)cc1)Oc1ccccc1. The maximum Gasteiger partial charge on any atom is 0.417 e. The molecule has 1 saturated carbocycles. The van der Waals surface area contributed by atoms with Gasteiger partial charge in [-0.1, -0.05) is 49.2 Å². The number of para-hydroxylation sites is 1. The summed E-state index contributed by atoms with van der Waals surface area (Å²) >= 11 is 1.93. The van der Waals surface area contributed by atoms with Crippen molar-refractivity contribution in [2.45, 2.75) is 35.3 Å². The molecule has 0 radical (unpaired) electrons. The minimum atomic E-state index is -0.534. The highest BCUT2D eigenvalue weighted by molar-refractivity contribution is 8.00. The van der Waals surface area contributed by atoms with Gasteiger partial charge < -0.3 is 14.4 Å². The fourth-order valence-corrected chi connectivity index (χ4v) is 6.71. The summed E-state index contributed by atoms with van der Waals surface area (Å²) in [6.45, 7) is 3.00. The van der Waals surface area contributed by atoms with Gasteiger partial charge in [-0.3, -0.25) is 5.32 Å². The van der Waals surface area contributed by atoms with Crippen molar-refractivity contribution in [1.29, 1.82) is 0 Å². The second-order valence-corrected chi connectivity index (χ2v) is 11.5. The summed E-state index contributed by atoms with van der Waals surface area (Å²) < 4.78 is 10.9. The van der Waals surface area contributed by atoms with Crippen molar-refractivity contribution >= 4 is 29.4 Å². The zero-order valence-electron chi connectivity index (χ0n) is 22.3. The van der Waals surface area contributed by atoms with Crippen LogP contribution in [0.3, 0.4) is 0 Å². The van der Waals surface area contributed by atoms with Gasteiger partial charge in [0, 0.05) is 35.3 Å². The minimum Gasteiger partial charge on any atom is -0.410 e. The van der Waals surface area contributed by atoms with Crippen LogP contribution in [0.4, 0.5) is 16.3 Å². The lowest BCUT2D eigenvalue weighted by Gasteiger charge is -2.32. The van der Waals surface area contributed by atoms with E-state index in [1.165, 1.54) is 17.7 Å². The van der Waals surface area contributed by atoms with Crippen LogP contribution in [0, 0.1) is 0 Å². The van der Waals surface area contributed by atoms with Crippen molar-refractivity contribution in [3.8, 4) is 17.1 Å². The van der Waals surface area contributed by atoms with E-state index >= 15 is 0 Å². The maximum atomic E-state index is 12.4. The molecule has 2 aliphatic rings. The molecular weight excluding hydrogens is 520 g/mol. The number of aromatic nitrogens is 2. The first-order valence-corrected chi connectivity index (χ1v) is 14.6. The Morgan fingerprint density at radius 2 is 1.55 bits per heavy atom. The van der Waals surface area contributed by atoms with E-state index in [1.807, 2.05) is 54.2 Å². The molecule has 0 unspecified atom stereocenters.